The van der Waals surface area contributed by atoms with E-state index in [1.54, 1.807) is 0 Å². The molecule has 1 heterocycles. The van der Waals surface area contributed by atoms with Crippen LogP contribution in [0, 0.1) is 6.92 Å². The first-order valence-corrected chi connectivity index (χ1v) is 3.92. The molecule has 0 aromatic carbocycles. The van der Waals surface area contributed by atoms with E-state index >= 15 is 0 Å². The summed E-state index contributed by atoms with van der Waals surface area (Å²) >= 11 is 0. The molecule has 0 aliphatic heterocycles. The first kappa shape index (κ1) is 8.31. The van der Waals surface area contributed by atoms with Gasteiger partial charge in [0.2, 0.25) is 0 Å². The summed E-state index contributed by atoms with van der Waals surface area (Å²) in [4.78, 5) is 0. The van der Waals surface area contributed by atoms with Crippen molar-refractivity contribution < 1.29 is 0 Å². The van der Waals surface area contributed by atoms with Crippen LogP contribution in [0.3, 0.4) is 0 Å². The molecule has 0 aliphatic rings. The minimum Gasteiger partial charge on any atom is -0.272 e. The molecule has 0 saturated heterocycles. The SMILES string of the molecule is Cc1cc(C(C)(C)C)n(C)n1. The highest BCUT2D eigenvalue weighted by atomic mass is 15.3. The third-order valence-corrected chi connectivity index (χ3v) is 1.77. The zero-order valence-electron chi connectivity index (χ0n) is 7.97. The van der Waals surface area contributed by atoms with E-state index in [0.29, 0.717) is 0 Å². The lowest BCUT2D eigenvalue weighted by molar-refractivity contribution is 0.522. The van der Waals surface area contributed by atoms with Gasteiger partial charge in [-0.2, -0.15) is 5.10 Å². The highest BCUT2D eigenvalue weighted by Crippen LogP contribution is 2.21. The number of hydrogen-bond donors (Lipinski definition) is 0. The van der Waals surface area contributed by atoms with E-state index < -0.39 is 0 Å². The van der Waals surface area contributed by atoms with Gasteiger partial charge in [-0.25, -0.2) is 0 Å². The van der Waals surface area contributed by atoms with Gasteiger partial charge in [0.1, 0.15) is 0 Å². The lowest BCUT2D eigenvalue weighted by Crippen LogP contribution is -2.16. The highest BCUT2D eigenvalue weighted by Gasteiger charge is 2.17. The molecule has 0 radical (unpaired) electrons. The second kappa shape index (κ2) is 2.36. The van der Waals surface area contributed by atoms with Crippen LogP contribution in [0.4, 0.5) is 0 Å². The number of aryl methyl sites for hydroxylation is 2. The molecule has 0 spiro atoms. The van der Waals surface area contributed by atoms with Gasteiger partial charge in [0.05, 0.1) is 5.69 Å². The summed E-state index contributed by atoms with van der Waals surface area (Å²) < 4.78 is 1.95. The van der Waals surface area contributed by atoms with Crippen molar-refractivity contribution in [2.45, 2.75) is 33.1 Å². The Bertz CT molecular complexity index is 253. The summed E-state index contributed by atoms with van der Waals surface area (Å²) in [6, 6.07) is 2.14. The molecule has 0 N–H and O–H groups in total. The summed E-state index contributed by atoms with van der Waals surface area (Å²) in [5.41, 5.74) is 2.59. The average Bonchev–Trinajstić information content (AvgIpc) is 2.08. The van der Waals surface area contributed by atoms with Gasteiger partial charge in [0.15, 0.2) is 0 Å². The van der Waals surface area contributed by atoms with Crippen LogP contribution < -0.4 is 0 Å². The fourth-order valence-corrected chi connectivity index (χ4v) is 1.31. The van der Waals surface area contributed by atoms with Crippen molar-refractivity contribution in [1.29, 1.82) is 0 Å². The predicted octanol–water partition coefficient (Wildman–Crippen LogP) is 2.03. The van der Waals surface area contributed by atoms with Crippen LogP contribution in [0.2, 0.25) is 0 Å². The predicted molar refractivity (Wildman–Crippen MR) is 46.6 cm³/mol. The Morgan fingerprint density at radius 2 is 1.91 bits per heavy atom. The van der Waals surface area contributed by atoms with Crippen molar-refractivity contribution in [3.63, 3.8) is 0 Å². The monoisotopic (exact) mass is 152 g/mol. The van der Waals surface area contributed by atoms with Gasteiger partial charge < -0.3 is 0 Å². The Hall–Kier alpha value is -0.790. The quantitative estimate of drug-likeness (QED) is 0.556. The van der Waals surface area contributed by atoms with E-state index in [0.717, 1.165) is 5.69 Å². The second-order valence-electron chi connectivity index (χ2n) is 4.04. The maximum atomic E-state index is 4.29. The van der Waals surface area contributed by atoms with Crippen LogP contribution in [0.15, 0.2) is 6.07 Å². The molecular formula is C9H16N2. The van der Waals surface area contributed by atoms with Gasteiger partial charge in [0.25, 0.3) is 0 Å². The number of hydrogen-bond acceptors (Lipinski definition) is 1. The van der Waals surface area contributed by atoms with Crippen molar-refractivity contribution in [1.82, 2.24) is 9.78 Å². The fourth-order valence-electron chi connectivity index (χ4n) is 1.31. The molecule has 1 aromatic rings. The Morgan fingerprint density at radius 1 is 1.36 bits per heavy atom. The van der Waals surface area contributed by atoms with Crippen LogP contribution in [-0.4, -0.2) is 9.78 Å². The van der Waals surface area contributed by atoms with Crippen molar-refractivity contribution in [2.24, 2.45) is 7.05 Å². The summed E-state index contributed by atoms with van der Waals surface area (Å²) in [7, 11) is 1.99. The molecule has 0 unspecified atom stereocenters. The molecule has 0 fully saturated rings. The van der Waals surface area contributed by atoms with E-state index in [1.807, 2.05) is 18.7 Å². The second-order valence-corrected chi connectivity index (χ2v) is 4.04. The Morgan fingerprint density at radius 3 is 2.09 bits per heavy atom. The van der Waals surface area contributed by atoms with E-state index in [2.05, 4.69) is 31.9 Å². The van der Waals surface area contributed by atoms with E-state index in [4.69, 9.17) is 0 Å². The van der Waals surface area contributed by atoms with Crippen molar-refractivity contribution in [2.75, 3.05) is 0 Å². The minimum atomic E-state index is 0.204. The molecule has 62 valence electrons. The van der Waals surface area contributed by atoms with Crippen LogP contribution in [0.1, 0.15) is 32.2 Å². The highest BCUT2D eigenvalue weighted by molar-refractivity contribution is 5.16. The lowest BCUT2D eigenvalue weighted by atomic mass is 9.92. The molecule has 0 bridgehead atoms. The summed E-state index contributed by atoms with van der Waals surface area (Å²) in [6.07, 6.45) is 0. The number of rotatable bonds is 0. The third kappa shape index (κ3) is 1.62. The van der Waals surface area contributed by atoms with E-state index in [9.17, 15) is 0 Å². The standard InChI is InChI=1S/C9H16N2/c1-7-6-8(9(2,3)4)11(5)10-7/h6H,1-5H3. The van der Waals surface area contributed by atoms with Gasteiger partial charge in [-0.05, 0) is 13.0 Å². The fraction of sp³-hybridized carbons (Fsp3) is 0.667. The van der Waals surface area contributed by atoms with E-state index in [-0.39, 0.29) is 5.41 Å². The van der Waals surface area contributed by atoms with Crippen LogP contribution in [-0.2, 0) is 12.5 Å². The normalized spacial score (nSPS) is 12.1. The van der Waals surface area contributed by atoms with Gasteiger partial charge in [-0.15, -0.1) is 0 Å². The molecule has 0 aliphatic carbocycles. The zero-order chi connectivity index (χ0) is 8.65. The number of aromatic nitrogens is 2. The average molecular weight is 152 g/mol. The molecular weight excluding hydrogens is 136 g/mol. The van der Waals surface area contributed by atoms with Crippen molar-refractivity contribution in [3.8, 4) is 0 Å². The summed E-state index contributed by atoms with van der Waals surface area (Å²) in [5.74, 6) is 0. The Balaban J connectivity index is 3.13. The largest absolute Gasteiger partial charge is 0.272 e. The Labute approximate surface area is 68.2 Å². The van der Waals surface area contributed by atoms with Gasteiger partial charge in [-0.1, -0.05) is 20.8 Å². The first-order valence-electron chi connectivity index (χ1n) is 3.92. The first-order chi connectivity index (χ1) is 4.91. The molecule has 2 heteroatoms. The Kier molecular flexibility index (Phi) is 1.78. The zero-order valence-corrected chi connectivity index (χ0v) is 7.97. The van der Waals surface area contributed by atoms with Crippen LogP contribution >= 0.6 is 0 Å². The van der Waals surface area contributed by atoms with Crippen LogP contribution in [0.25, 0.3) is 0 Å². The molecule has 0 atom stereocenters. The number of nitrogens with zero attached hydrogens (tertiary/aromatic N) is 2. The lowest BCUT2D eigenvalue weighted by Gasteiger charge is -2.17. The minimum absolute atomic E-state index is 0.204. The molecule has 0 amide bonds. The van der Waals surface area contributed by atoms with Gasteiger partial charge in [-0.3, -0.25) is 4.68 Å². The summed E-state index contributed by atoms with van der Waals surface area (Å²) in [6.45, 7) is 8.62. The molecule has 11 heavy (non-hydrogen) atoms. The third-order valence-electron chi connectivity index (χ3n) is 1.77. The van der Waals surface area contributed by atoms with E-state index in [1.165, 1.54) is 5.69 Å². The van der Waals surface area contributed by atoms with Crippen LogP contribution in [0.5, 0.6) is 0 Å². The summed E-state index contributed by atoms with van der Waals surface area (Å²) in [5, 5.41) is 4.29. The smallest absolute Gasteiger partial charge is 0.0596 e. The molecule has 2 nitrogen and oxygen atoms in total. The topological polar surface area (TPSA) is 17.8 Å². The van der Waals surface area contributed by atoms with Gasteiger partial charge in [0, 0.05) is 18.2 Å². The van der Waals surface area contributed by atoms with Crippen molar-refractivity contribution >= 4 is 0 Å². The maximum absolute atomic E-state index is 4.29. The molecule has 1 rings (SSSR count). The molecule has 1 aromatic heterocycles. The molecule has 0 saturated carbocycles. The maximum Gasteiger partial charge on any atom is 0.0596 e. The van der Waals surface area contributed by atoms with Gasteiger partial charge >= 0.3 is 0 Å². The van der Waals surface area contributed by atoms with Crippen molar-refractivity contribution in [3.05, 3.63) is 17.5 Å².